The van der Waals surface area contributed by atoms with E-state index in [1.54, 1.807) is 37.4 Å². The van der Waals surface area contributed by atoms with Crippen molar-refractivity contribution >= 4 is 34.8 Å². The Labute approximate surface area is 148 Å². The average molecular weight is 369 g/mol. The van der Waals surface area contributed by atoms with Crippen molar-refractivity contribution in [3.63, 3.8) is 0 Å². The number of halogens is 2. The lowest BCUT2D eigenvalue weighted by atomic mass is 10.1. The molecule has 0 aliphatic carbocycles. The van der Waals surface area contributed by atoms with Gasteiger partial charge in [-0.15, -0.1) is 0 Å². The molecule has 2 aromatic carbocycles. The van der Waals surface area contributed by atoms with E-state index in [4.69, 9.17) is 27.9 Å². The van der Waals surface area contributed by atoms with Crippen LogP contribution in [-0.2, 0) is 11.3 Å². The largest absolute Gasteiger partial charge is 0.482 e. The number of ether oxygens (including phenoxy) is 1. The minimum atomic E-state index is -0.475. The van der Waals surface area contributed by atoms with Crippen LogP contribution in [0.2, 0.25) is 10.0 Å². The summed E-state index contributed by atoms with van der Waals surface area (Å²) in [7, 11) is 1.55. The molecule has 8 heteroatoms. The van der Waals surface area contributed by atoms with Crippen LogP contribution in [0.1, 0.15) is 5.56 Å². The summed E-state index contributed by atoms with van der Waals surface area (Å²) in [6.07, 6.45) is 0. The summed E-state index contributed by atoms with van der Waals surface area (Å²) in [5.74, 6) is 0.00711. The number of nitro benzene ring substituents is 1. The predicted molar refractivity (Wildman–Crippen MR) is 91.5 cm³/mol. The third kappa shape index (κ3) is 4.59. The molecule has 126 valence electrons. The van der Waals surface area contributed by atoms with Crippen molar-refractivity contribution in [2.75, 3.05) is 13.7 Å². The van der Waals surface area contributed by atoms with Gasteiger partial charge in [-0.2, -0.15) is 0 Å². The molecule has 24 heavy (non-hydrogen) atoms. The van der Waals surface area contributed by atoms with E-state index in [9.17, 15) is 14.9 Å². The summed E-state index contributed by atoms with van der Waals surface area (Å²) in [4.78, 5) is 24.0. The number of amides is 1. The van der Waals surface area contributed by atoms with Crippen molar-refractivity contribution in [1.29, 1.82) is 0 Å². The van der Waals surface area contributed by atoms with Gasteiger partial charge in [-0.05, 0) is 18.2 Å². The second kappa shape index (κ2) is 7.99. The first-order valence-electron chi connectivity index (χ1n) is 6.92. The number of benzene rings is 2. The molecule has 2 aromatic rings. The summed E-state index contributed by atoms with van der Waals surface area (Å²) in [6.45, 7) is -0.133. The monoisotopic (exact) mass is 368 g/mol. The molecule has 0 aliphatic heterocycles. The maximum absolute atomic E-state index is 12.1. The highest BCUT2D eigenvalue weighted by molar-refractivity contribution is 6.35. The van der Waals surface area contributed by atoms with Crippen LogP contribution in [0.5, 0.6) is 5.75 Å². The maximum Gasteiger partial charge on any atom is 0.274 e. The van der Waals surface area contributed by atoms with Crippen LogP contribution in [0, 0.1) is 10.1 Å². The molecule has 0 radical (unpaired) electrons. The molecular weight excluding hydrogens is 355 g/mol. The lowest BCUT2D eigenvalue weighted by molar-refractivity contribution is -0.385. The van der Waals surface area contributed by atoms with Gasteiger partial charge in [0.05, 0.1) is 16.5 Å². The summed E-state index contributed by atoms with van der Waals surface area (Å²) < 4.78 is 5.37. The third-order valence-electron chi connectivity index (χ3n) is 3.27. The van der Waals surface area contributed by atoms with Gasteiger partial charge in [-0.3, -0.25) is 14.9 Å². The summed E-state index contributed by atoms with van der Waals surface area (Å²) in [5.41, 5.74) is 0.418. The first-order valence-corrected chi connectivity index (χ1v) is 7.68. The minimum absolute atomic E-state index is 0.0289. The molecule has 0 spiro atoms. The smallest absolute Gasteiger partial charge is 0.274 e. The molecule has 0 aliphatic rings. The number of carbonyl (C=O) groups is 1. The fourth-order valence-corrected chi connectivity index (χ4v) is 2.47. The Morgan fingerprint density at radius 2 is 1.96 bits per heavy atom. The zero-order valence-corrected chi connectivity index (χ0v) is 14.3. The van der Waals surface area contributed by atoms with Gasteiger partial charge in [-0.1, -0.05) is 41.4 Å². The highest BCUT2D eigenvalue weighted by atomic mass is 35.5. The zero-order chi connectivity index (χ0) is 17.7. The van der Waals surface area contributed by atoms with Crippen LogP contribution < -0.4 is 4.74 Å². The van der Waals surface area contributed by atoms with E-state index in [0.29, 0.717) is 21.4 Å². The van der Waals surface area contributed by atoms with Gasteiger partial charge in [0.15, 0.2) is 6.61 Å². The fourth-order valence-electron chi connectivity index (χ4n) is 2.01. The number of rotatable bonds is 6. The number of para-hydroxylation sites is 1. The normalized spacial score (nSPS) is 10.3. The van der Waals surface area contributed by atoms with Crippen LogP contribution >= 0.6 is 23.2 Å². The van der Waals surface area contributed by atoms with Crippen molar-refractivity contribution in [2.45, 2.75) is 6.54 Å². The molecule has 0 bridgehead atoms. The quantitative estimate of drug-likeness (QED) is 0.571. The van der Waals surface area contributed by atoms with Crippen LogP contribution in [0.4, 0.5) is 5.69 Å². The lowest BCUT2D eigenvalue weighted by Gasteiger charge is -2.18. The highest BCUT2D eigenvalue weighted by Gasteiger charge is 2.17. The van der Waals surface area contributed by atoms with E-state index < -0.39 is 4.92 Å². The Hall–Kier alpha value is -2.31. The first kappa shape index (κ1) is 18.0. The second-order valence-corrected chi connectivity index (χ2v) is 5.84. The number of hydrogen-bond donors (Lipinski definition) is 0. The van der Waals surface area contributed by atoms with Gasteiger partial charge in [0.2, 0.25) is 0 Å². The topological polar surface area (TPSA) is 72.7 Å². The Morgan fingerprint density at radius 3 is 2.62 bits per heavy atom. The first-order chi connectivity index (χ1) is 11.4. The van der Waals surface area contributed by atoms with Gasteiger partial charge < -0.3 is 9.64 Å². The summed E-state index contributed by atoms with van der Waals surface area (Å²) in [5, 5.41) is 11.8. The van der Waals surface area contributed by atoms with Crippen molar-refractivity contribution in [3.8, 4) is 5.75 Å². The summed E-state index contributed by atoms with van der Waals surface area (Å²) >= 11 is 11.8. The number of nitrogens with zero attached hydrogens (tertiary/aromatic N) is 2. The van der Waals surface area contributed by atoms with E-state index in [1.165, 1.54) is 17.0 Å². The van der Waals surface area contributed by atoms with Gasteiger partial charge in [0.25, 0.3) is 11.6 Å². The Bertz CT molecular complexity index is 767. The second-order valence-electron chi connectivity index (χ2n) is 5.00. The molecular formula is C16H14Cl2N2O4. The van der Waals surface area contributed by atoms with Gasteiger partial charge in [-0.25, -0.2) is 0 Å². The van der Waals surface area contributed by atoms with Crippen molar-refractivity contribution in [2.24, 2.45) is 0 Å². The van der Waals surface area contributed by atoms with Crippen LogP contribution in [-0.4, -0.2) is 29.4 Å². The van der Waals surface area contributed by atoms with Gasteiger partial charge in [0.1, 0.15) is 5.75 Å². The lowest BCUT2D eigenvalue weighted by Crippen LogP contribution is -2.31. The summed E-state index contributed by atoms with van der Waals surface area (Å²) in [6, 6.07) is 11.0. The Morgan fingerprint density at radius 1 is 1.25 bits per heavy atom. The highest BCUT2D eigenvalue weighted by Crippen LogP contribution is 2.27. The van der Waals surface area contributed by atoms with E-state index >= 15 is 0 Å². The number of likely N-dealkylation sites (N-methyl/N-ethyl adjacent to an activating group) is 1. The minimum Gasteiger partial charge on any atom is -0.482 e. The number of hydrogen-bond acceptors (Lipinski definition) is 4. The standard InChI is InChI=1S/C16H14Cl2N2O4/c1-19(9-11-4-2-3-5-14(11)20(22)23)16(21)10-24-15-7-6-12(17)8-13(15)18/h2-8H,9-10H2,1H3. The molecule has 6 nitrogen and oxygen atoms in total. The maximum atomic E-state index is 12.1. The number of nitro groups is 1. The molecule has 0 N–H and O–H groups in total. The van der Waals surface area contributed by atoms with Crippen LogP contribution in [0.15, 0.2) is 42.5 Å². The molecule has 0 unspecified atom stereocenters. The molecule has 0 saturated carbocycles. The van der Waals surface area contributed by atoms with E-state index in [0.717, 1.165) is 0 Å². The zero-order valence-electron chi connectivity index (χ0n) is 12.7. The predicted octanol–water partition coefficient (Wildman–Crippen LogP) is 3.94. The Balaban J connectivity index is 1.99. The molecule has 0 fully saturated rings. The molecule has 0 aromatic heterocycles. The molecule has 0 saturated heterocycles. The van der Waals surface area contributed by atoms with Crippen LogP contribution in [0.25, 0.3) is 0 Å². The average Bonchev–Trinajstić information content (AvgIpc) is 2.54. The fraction of sp³-hybridized carbons (Fsp3) is 0.188. The van der Waals surface area contributed by atoms with Crippen molar-refractivity contribution < 1.29 is 14.5 Å². The molecule has 0 atom stereocenters. The third-order valence-corrected chi connectivity index (χ3v) is 3.80. The van der Waals surface area contributed by atoms with E-state index in [1.807, 2.05) is 0 Å². The Kier molecular flexibility index (Phi) is 6.00. The molecule has 1 amide bonds. The van der Waals surface area contributed by atoms with Crippen molar-refractivity contribution in [1.82, 2.24) is 4.90 Å². The van der Waals surface area contributed by atoms with Gasteiger partial charge in [0, 0.05) is 23.7 Å². The SMILES string of the molecule is CN(Cc1ccccc1[N+](=O)[O-])C(=O)COc1ccc(Cl)cc1Cl. The molecule has 0 heterocycles. The van der Waals surface area contributed by atoms with E-state index in [-0.39, 0.29) is 24.7 Å². The molecule has 2 rings (SSSR count). The number of carbonyl (C=O) groups excluding carboxylic acids is 1. The van der Waals surface area contributed by atoms with Crippen molar-refractivity contribution in [3.05, 3.63) is 68.2 Å². The van der Waals surface area contributed by atoms with Gasteiger partial charge >= 0.3 is 0 Å². The van der Waals surface area contributed by atoms with Crippen LogP contribution in [0.3, 0.4) is 0 Å². The van der Waals surface area contributed by atoms with E-state index in [2.05, 4.69) is 0 Å².